The Morgan fingerprint density at radius 3 is 2.71 bits per heavy atom. The number of ketones is 1. The first-order valence-electron chi connectivity index (χ1n) is 5.91. The summed E-state index contributed by atoms with van der Waals surface area (Å²) in [4.78, 5) is 11.3. The molecule has 2 rings (SSSR count). The molecular weight excluding hydrogens is 212 g/mol. The largest absolute Gasteiger partial charge is 0.493 e. The lowest BCUT2D eigenvalue weighted by Crippen LogP contribution is -2.17. The van der Waals surface area contributed by atoms with Crippen LogP contribution in [0.2, 0.25) is 0 Å². The number of fused-ring (bicyclic) bond motifs is 1. The maximum Gasteiger partial charge on any atom is 0.160 e. The van der Waals surface area contributed by atoms with E-state index in [0.29, 0.717) is 13.0 Å². The summed E-state index contributed by atoms with van der Waals surface area (Å²) in [6.45, 7) is 7.09. The van der Waals surface area contributed by atoms with E-state index < -0.39 is 0 Å². The first-order valence-corrected chi connectivity index (χ1v) is 5.91. The molecule has 2 heteroatoms. The van der Waals surface area contributed by atoms with Gasteiger partial charge in [-0.2, -0.15) is 0 Å². The fourth-order valence-corrected chi connectivity index (χ4v) is 1.72. The third kappa shape index (κ3) is 3.19. The van der Waals surface area contributed by atoms with Gasteiger partial charge in [-0.15, -0.1) is 0 Å². The SMILES string of the molecule is CC(C)(C)COc1ccc2c(c1)CC(=O)C=C2. The average molecular weight is 230 g/mol. The lowest BCUT2D eigenvalue weighted by atomic mass is 9.96. The minimum Gasteiger partial charge on any atom is -0.493 e. The minimum atomic E-state index is 0.144. The van der Waals surface area contributed by atoms with Crippen LogP contribution < -0.4 is 4.74 Å². The lowest BCUT2D eigenvalue weighted by molar-refractivity contribution is -0.114. The number of carbonyl (C=O) groups excluding carboxylic acids is 1. The van der Waals surface area contributed by atoms with Crippen LogP contribution in [-0.4, -0.2) is 12.4 Å². The van der Waals surface area contributed by atoms with Crippen LogP contribution in [0.15, 0.2) is 24.3 Å². The van der Waals surface area contributed by atoms with Crippen molar-refractivity contribution in [1.29, 1.82) is 0 Å². The van der Waals surface area contributed by atoms with Crippen molar-refractivity contribution in [3.05, 3.63) is 35.4 Å². The number of benzene rings is 1. The molecule has 1 aromatic rings. The van der Waals surface area contributed by atoms with Crippen LogP contribution >= 0.6 is 0 Å². The van der Waals surface area contributed by atoms with E-state index >= 15 is 0 Å². The van der Waals surface area contributed by atoms with Gasteiger partial charge < -0.3 is 4.74 Å². The van der Waals surface area contributed by atoms with Crippen LogP contribution in [0.4, 0.5) is 0 Å². The van der Waals surface area contributed by atoms with Crippen molar-refractivity contribution in [3.8, 4) is 5.75 Å². The van der Waals surface area contributed by atoms with E-state index in [2.05, 4.69) is 20.8 Å². The first kappa shape index (κ1) is 11.9. The predicted molar refractivity (Wildman–Crippen MR) is 69.1 cm³/mol. The van der Waals surface area contributed by atoms with Crippen molar-refractivity contribution in [3.63, 3.8) is 0 Å². The molecule has 0 heterocycles. The summed E-state index contributed by atoms with van der Waals surface area (Å²) in [6.07, 6.45) is 3.99. The summed E-state index contributed by atoms with van der Waals surface area (Å²) in [5.74, 6) is 1.01. The fraction of sp³-hybridized carbons (Fsp3) is 0.400. The third-order valence-electron chi connectivity index (χ3n) is 2.60. The second kappa shape index (κ2) is 4.36. The zero-order chi connectivity index (χ0) is 12.5. The molecule has 1 aliphatic rings. The Hall–Kier alpha value is -1.57. The van der Waals surface area contributed by atoms with Gasteiger partial charge in [0.15, 0.2) is 5.78 Å². The fourth-order valence-electron chi connectivity index (χ4n) is 1.72. The van der Waals surface area contributed by atoms with Gasteiger partial charge in [-0.3, -0.25) is 4.79 Å². The summed E-state index contributed by atoms with van der Waals surface area (Å²) >= 11 is 0. The highest BCUT2D eigenvalue weighted by Gasteiger charge is 2.14. The molecule has 0 unspecified atom stereocenters. The number of allylic oxidation sites excluding steroid dienone is 1. The van der Waals surface area contributed by atoms with Gasteiger partial charge in [-0.1, -0.05) is 32.9 Å². The van der Waals surface area contributed by atoms with Crippen molar-refractivity contribution in [2.24, 2.45) is 5.41 Å². The smallest absolute Gasteiger partial charge is 0.160 e. The Bertz CT molecular complexity index is 464. The zero-order valence-electron chi connectivity index (χ0n) is 10.6. The molecule has 0 N–H and O–H groups in total. The molecule has 0 atom stereocenters. The molecule has 0 aromatic heterocycles. The normalized spacial score (nSPS) is 14.6. The number of carbonyl (C=O) groups is 1. The minimum absolute atomic E-state index is 0.144. The maximum atomic E-state index is 11.3. The molecule has 0 fully saturated rings. The Morgan fingerprint density at radius 2 is 2.00 bits per heavy atom. The van der Waals surface area contributed by atoms with E-state index in [9.17, 15) is 4.79 Å². The molecule has 0 radical (unpaired) electrons. The lowest BCUT2D eigenvalue weighted by Gasteiger charge is -2.19. The van der Waals surface area contributed by atoms with Gasteiger partial charge in [0.2, 0.25) is 0 Å². The molecule has 17 heavy (non-hydrogen) atoms. The molecule has 90 valence electrons. The molecular formula is C15H18O2. The van der Waals surface area contributed by atoms with Gasteiger partial charge in [0, 0.05) is 6.42 Å². The molecule has 0 bridgehead atoms. The topological polar surface area (TPSA) is 26.3 Å². The van der Waals surface area contributed by atoms with E-state index in [1.165, 1.54) is 0 Å². The van der Waals surface area contributed by atoms with Crippen LogP contribution in [0.25, 0.3) is 6.08 Å². The van der Waals surface area contributed by atoms with Crippen molar-refractivity contribution >= 4 is 11.9 Å². The predicted octanol–water partition coefficient (Wildman–Crippen LogP) is 3.25. The van der Waals surface area contributed by atoms with Gasteiger partial charge in [0.05, 0.1) is 6.61 Å². The standard InChI is InChI=1S/C15H18O2/c1-15(2,3)10-17-14-7-5-11-4-6-13(16)8-12(11)9-14/h4-7,9H,8,10H2,1-3H3. The van der Waals surface area contributed by atoms with E-state index in [1.54, 1.807) is 6.08 Å². The van der Waals surface area contributed by atoms with Gasteiger partial charge >= 0.3 is 0 Å². The molecule has 0 spiro atoms. The highest BCUT2D eigenvalue weighted by atomic mass is 16.5. The van der Waals surface area contributed by atoms with Gasteiger partial charge in [0.25, 0.3) is 0 Å². The highest BCUT2D eigenvalue weighted by molar-refractivity contribution is 5.98. The second-order valence-corrected chi connectivity index (χ2v) is 5.69. The first-order chi connectivity index (χ1) is 7.94. The zero-order valence-corrected chi connectivity index (χ0v) is 10.6. The van der Waals surface area contributed by atoms with Crippen LogP contribution in [0.1, 0.15) is 31.9 Å². The van der Waals surface area contributed by atoms with Gasteiger partial charge in [0.1, 0.15) is 5.75 Å². The molecule has 0 saturated carbocycles. The Labute approximate surface area is 102 Å². The van der Waals surface area contributed by atoms with E-state index in [0.717, 1.165) is 16.9 Å². The van der Waals surface area contributed by atoms with Crippen molar-refractivity contribution < 1.29 is 9.53 Å². The maximum absolute atomic E-state index is 11.3. The highest BCUT2D eigenvalue weighted by Crippen LogP contribution is 2.24. The summed E-state index contributed by atoms with van der Waals surface area (Å²) in [5.41, 5.74) is 2.32. The summed E-state index contributed by atoms with van der Waals surface area (Å²) in [6, 6.07) is 5.95. The van der Waals surface area contributed by atoms with E-state index in [-0.39, 0.29) is 11.2 Å². The van der Waals surface area contributed by atoms with Gasteiger partial charge in [-0.25, -0.2) is 0 Å². The van der Waals surface area contributed by atoms with Crippen LogP contribution in [0.3, 0.4) is 0 Å². The second-order valence-electron chi connectivity index (χ2n) is 5.69. The third-order valence-corrected chi connectivity index (χ3v) is 2.60. The number of ether oxygens (including phenoxy) is 1. The van der Waals surface area contributed by atoms with Crippen molar-refractivity contribution in [2.75, 3.05) is 6.61 Å². The average Bonchev–Trinajstić information content (AvgIpc) is 2.24. The van der Waals surface area contributed by atoms with E-state index in [4.69, 9.17) is 4.74 Å². The Kier molecular flexibility index (Phi) is 3.05. The Balaban J connectivity index is 2.14. The van der Waals surface area contributed by atoms with E-state index in [1.807, 2.05) is 24.3 Å². The van der Waals surface area contributed by atoms with Crippen molar-refractivity contribution in [2.45, 2.75) is 27.2 Å². The molecule has 0 aliphatic heterocycles. The molecule has 0 saturated heterocycles. The number of hydrogen-bond acceptors (Lipinski definition) is 2. The molecule has 1 aromatic carbocycles. The monoisotopic (exact) mass is 230 g/mol. The van der Waals surface area contributed by atoms with Gasteiger partial charge in [-0.05, 0) is 34.8 Å². The summed E-state index contributed by atoms with van der Waals surface area (Å²) in [5, 5.41) is 0. The quantitative estimate of drug-likeness (QED) is 0.779. The molecule has 1 aliphatic carbocycles. The Morgan fingerprint density at radius 1 is 1.24 bits per heavy atom. The van der Waals surface area contributed by atoms with Crippen molar-refractivity contribution in [1.82, 2.24) is 0 Å². The summed E-state index contributed by atoms with van der Waals surface area (Å²) in [7, 11) is 0. The van der Waals surface area contributed by atoms with Crippen LogP contribution in [-0.2, 0) is 11.2 Å². The van der Waals surface area contributed by atoms with Crippen LogP contribution in [0.5, 0.6) is 5.75 Å². The molecule has 0 amide bonds. The number of rotatable bonds is 2. The number of hydrogen-bond donors (Lipinski definition) is 0. The van der Waals surface area contributed by atoms with Crippen LogP contribution in [0, 0.1) is 5.41 Å². The summed E-state index contributed by atoms with van der Waals surface area (Å²) < 4.78 is 5.74. The molecule has 2 nitrogen and oxygen atoms in total.